The Bertz CT molecular complexity index is 1080. The van der Waals surface area contributed by atoms with Crippen molar-refractivity contribution in [3.8, 4) is 22.6 Å². The summed E-state index contributed by atoms with van der Waals surface area (Å²) in [6.45, 7) is 5.11. The van der Waals surface area contributed by atoms with Crippen LogP contribution in [0.2, 0.25) is 0 Å². The number of aryl methyl sites for hydroxylation is 1. The highest BCUT2D eigenvalue weighted by Gasteiger charge is 2.20. The molecule has 0 N–H and O–H groups in total. The van der Waals surface area contributed by atoms with Crippen molar-refractivity contribution in [2.45, 2.75) is 65.2 Å². The summed E-state index contributed by atoms with van der Waals surface area (Å²) in [6, 6.07) is 20.0. The van der Waals surface area contributed by atoms with E-state index in [4.69, 9.17) is 9.47 Å². The van der Waals surface area contributed by atoms with Crippen LogP contribution in [0.25, 0.3) is 11.1 Å². The van der Waals surface area contributed by atoms with E-state index < -0.39 is 0 Å². The fraction of sp³-hybridized carbons (Fsp3) is 0.367. The number of esters is 1. The SMILES string of the molecule is CCCCCOc1ccc(C(=O)Oc2ccc3c(c2)Cc2cc(CCCCC)ccc2-3)cc1. The van der Waals surface area contributed by atoms with Crippen LogP contribution in [-0.2, 0) is 12.8 Å². The molecule has 0 saturated carbocycles. The van der Waals surface area contributed by atoms with Gasteiger partial charge in [-0.3, -0.25) is 0 Å². The van der Waals surface area contributed by atoms with Crippen LogP contribution in [0.1, 0.15) is 79.4 Å². The highest BCUT2D eigenvalue weighted by Crippen LogP contribution is 2.39. The summed E-state index contributed by atoms with van der Waals surface area (Å²) < 4.78 is 11.4. The summed E-state index contributed by atoms with van der Waals surface area (Å²) in [5, 5.41) is 0. The van der Waals surface area contributed by atoms with E-state index in [9.17, 15) is 4.79 Å². The number of carbonyl (C=O) groups is 1. The Hall–Kier alpha value is -3.07. The molecule has 0 unspecified atom stereocenters. The second kappa shape index (κ2) is 11.2. The molecule has 0 saturated heterocycles. The molecule has 3 aromatic rings. The van der Waals surface area contributed by atoms with Crippen molar-refractivity contribution in [3.05, 3.63) is 82.9 Å². The van der Waals surface area contributed by atoms with E-state index >= 15 is 0 Å². The summed E-state index contributed by atoms with van der Waals surface area (Å²) in [5.74, 6) is 1.03. The predicted octanol–water partition coefficient (Wildman–Crippen LogP) is 7.78. The molecule has 0 heterocycles. The van der Waals surface area contributed by atoms with E-state index in [2.05, 4.69) is 38.1 Å². The fourth-order valence-corrected chi connectivity index (χ4v) is 4.43. The largest absolute Gasteiger partial charge is 0.494 e. The van der Waals surface area contributed by atoms with Crippen molar-refractivity contribution in [3.63, 3.8) is 0 Å². The first-order valence-corrected chi connectivity index (χ1v) is 12.4. The highest BCUT2D eigenvalue weighted by atomic mass is 16.5. The molecule has 33 heavy (non-hydrogen) atoms. The summed E-state index contributed by atoms with van der Waals surface area (Å²) in [5.41, 5.74) is 7.08. The molecule has 3 nitrogen and oxygen atoms in total. The lowest BCUT2D eigenvalue weighted by molar-refractivity contribution is 0.0734. The van der Waals surface area contributed by atoms with Crippen molar-refractivity contribution in [2.24, 2.45) is 0 Å². The van der Waals surface area contributed by atoms with E-state index in [1.807, 2.05) is 24.3 Å². The molecule has 172 valence electrons. The van der Waals surface area contributed by atoms with Crippen molar-refractivity contribution in [2.75, 3.05) is 6.61 Å². The summed E-state index contributed by atoms with van der Waals surface area (Å²) in [7, 11) is 0. The zero-order valence-electron chi connectivity index (χ0n) is 19.9. The molecule has 0 aromatic heterocycles. The number of hydrogen-bond donors (Lipinski definition) is 0. The lowest BCUT2D eigenvalue weighted by atomic mass is 10.0. The third-order valence-electron chi connectivity index (χ3n) is 6.30. The second-order valence-electron chi connectivity index (χ2n) is 8.91. The zero-order chi connectivity index (χ0) is 23.0. The second-order valence-corrected chi connectivity index (χ2v) is 8.91. The Labute approximate surface area is 197 Å². The van der Waals surface area contributed by atoms with Gasteiger partial charge in [-0.15, -0.1) is 0 Å². The van der Waals surface area contributed by atoms with Gasteiger partial charge < -0.3 is 9.47 Å². The zero-order valence-corrected chi connectivity index (χ0v) is 19.9. The number of unbranched alkanes of at least 4 members (excludes halogenated alkanes) is 4. The maximum absolute atomic E-state index is 12.6. The third kappa shape index (κ3) is 5.84. The van der Waals surface area contributed by atoms with Crippen LogP contribution in [0, 0.1) is 0 Å². The number of carbonyl (C=O) groups excluding carboxylic acids is 1. The molecular formula is C30H34O3. The Kier molecular flexibility index (Phi) is 7.83. The van der Waals surface area contributed by atoms with E-state index in [1.54, 1.807) is 12.1 Å². The molecule has 3 aromatic carbocycles. The van der Waals surface area contributed by atoms with Gasteiger partial charge in [-0.25, -0.2) is 4.79 Å². The first-order valence-electron chi connectivity index (χ1n) is 12.4. The van der Waals surface area contributed by atoms with Gasteiger partial charge in [0.1, 0.15) is 11.5 Å². The minimum absolute atomic E-state index is 0.346. The highest BCUT2D eigenvalue weighted by molar-refractivity contribution is 5.91. The Morgan fingerprint density at radius 1 is 0.758 bits per heavy atom. The summed E-state index contributed by atoms with van der Waals surface area (Å²) >= 11 is 0. The molecule has 0 fully saturated rings. The summed E-state index contributed by atoms with van der Waals surface area (Å²) in [4.78, 5) is 12.6. The molecular weight excluding hydrogens is 408 g/mol. The quantitative estimate of drug-likeness (QED) is 0.135. The van der Waals surface area contributed by atoms with Crippen LogP contribution >= 0.6 is 0 Å². The molecule has 1 aliphatic rings. The average molecular weight is 443 g/mol. The number of rotatable bonds is 11. The number of ether oxygens (including phenoxy) is 2. The van der Waals surface area contributed by atoms with Crippen molar-refractivity contribution < 1.29 is 14.3 Å². The molecule has 0 spiro atoms. The van der Waals surface area contributed by atoms with Gasteiger partial charge in [0.15, 0.2) is 0 Å². The van der Waals surface area contributed by atoms with Crippen molar-refractivity contribution >= 4 is 5.97 Å². The van der Waals surface area contributed by atoms with Crippen LogP contribution in [0.3, 0.4) is 0 Å². The minimum Gasteiger partial charge on any atom is -0.494 e. The van der Waals surface area contributed by atoms with E-state index in [1.165, 1.54) is 53.5 Å². The van der Waals surface area contributed by atoms with Gasteiger partial charge >= 0.3 is 5.97 Å². The predicted molar refractivity (Wildman–Crippen MR) is 134 cm³/mol. The van der Waals surface area contributed by atoms with Crippen LogP contribution in [0.4, 0.5) is 0 Å². The number of fused-ring (bicyclic) bond motifs is 3. The van der Waals surface area contributed by atoms with Crippen LogP contribution in [0.15, 0.2) is 60.7 Å². The maximum atomic E-state index is 12.6. The topological polar surface area (TPSA) is 35.5 Å². The van der Waals surface area contributed by atoms with E-state index in [0.29, 0.717) is 17.9 Å². The van der Waals surface area contributed by atoms with Crippen molar-refractivity contribution in [1.82, 2.24) is 0 Å². The van der Waals surface area contributed by atoms with Gasteiger partial charge in [0, 0.05) is 0 Å². The van der Waals surface area contributed by atoms with Gasteiger partial charge in [-0.2, -0.15) is 0 Å². The van der Waals surface area contributed by atoms with Gasteiger partial charge in [0.25, 0.3) is 0 Å². The standard InChI is InChI=1S/C30H34O3/c1-3-5-7-9-22-10-16-28-24(19-22)20-25-21-27(15-17-29(25)28)33-30(31)23-11-13-26(14-12-23)32-18-8-6-4-2/h10-17,19,21H,3-9,18,20H2,1-2H3. The molecule has 1 aliphatic carbocycles. The number of hydrogen-bond acceptors (Lipinski definition) is 3. The Morgan fingerprint density at radius 3 is 2.18 bits per heavy atom. The van der Waals surface area contributed by atoms with Gasteiger partial charge in [0.2, 0.25) is 0 Å². The fourth-order valence-electron chi connectivity index (χ4n) is 4.43. The molecule has 0 bridgehead atoms. The van der Waals surface area contributed by atoms with Crippen LogP contribution < -0.4 is 9.47 Å². The lowest BCUT2D eigenvalue weighted by Gasteiger charge is -2.08. The maximum Gasteiger partial charge on any atom is 0.343 e. The average Bonchev–Trinajstić information content (AvgIpc) is 3.19. The smallest absolute Gasteiger partial charge is 0.343 e. The lowest BCUT2D eigenvalue weighted by Crippen LogP contribution is -2.08. The monoisotopic (exact) mass is 442 g/mol. The third-order valence-corrected chi connectivity index (χ3v) is 6.30. The number of benzene rings is 3. The molecule has 0 atom stereocenters. The van der Waals surface area contributed by atoms with E-state index in [-0.39, 0.29) is 5.97 Å². The molecule has 3 heteroatoms. The molecule has 4 rings (SSSR count). The minimum atomic E-state index is -0.346. The first-order chi connectivity index (χ1) is 16.2. The summed E-state index contributed by atoms with van der Waals surface area (Å²) in [6.07, 6.45) is 9.18. The van der Waals surface area contributed by atoms with Gasteiger partial charge in [-0.05, 0) is 89.9 Å². The van der Waals surface area contributed by atoms with Gasteiger partial charge in [0.05, 0.1) is 12.2 Å². The molecule has 0 radical (unpaired) electrons. The Balaban J connectivity index is 1.37. The Morgan fingerprint density at radius 2 is 1.42 bits per heavy atom. The normalized spacial score (nSPS) is 11.7. The van der Waals surface area contributed by atoms with Gasteiger partial charge in [-0.1, -0.05) is 63.8 Å². The van der Waals surface area contributed by atoms with Crippen LogP contribution in [0.5, 0.6) is 11.5 Å². The van der Waals surface area contributed by atoms with E-state index in [0.717, 1.165) is 31.4 Å². The van der Waals surface area contributed by atoms with Crippen LogP contribution in [-0.4, -0.2) is 12.6 Å². The molecule has 0 amide bonds. The molecule has 0 aliphatic heterocycles. The first kappa shape index (κ1) is 23.1. The van der Waals surface area contributed by atoms with Crippen molar-refractivity contribution in [1.29, 1.82) is 0 Å².